The van der Waals surface area contributed by atoms with E-state index in [-0.39, 0.29) is 0 Å². The van der Waals surface area contributed by atoms with Crippen LogP contribution in [-0.4, -0.2) is 26.3 Å². The Labute approximate surface area is 116 Å². The largest absolute Gasteiger partial charge is 0.486 e. The molecule has 1 N–H and O–H groups in total. The molecule has 0 amide bonds. The van der Waals surface area contributed by atoms with Crippen molar-refractivity contribution < 1.29 is 9.47 Å². The molecule has 2 aliphatic rings. The molecule has 1 fully saturated rings. The lowest BCUT2D eigenvalue weighted by molar-refractivity contribution is 0.170. The van der Waals surface area contributed by atoms with Crippen LogP contribution in [0.1, 0.15) is 18.4 Å². The standard InChI is InChI=1S/C14H18BrNO2/c15-13-11(9-10-3-5-16-6-4-10)1-2-12-14(13)18-8-7-17-12/h1-2,10,16H,3-9H2. The summed E-state index contributed by atoms with van der Waals surface area (Å²) in [6, 6.07) is 4.20. The van der Waals surface area contributed by atoms with Gasteiger partial charge in [0.1, 0.15) is 13.2 Å². The van der Waals surface area contributed by atoms with Crippen LogP contribution >= 0.6 is 15.9 Å². The van der Waals surface area contributed by atoms with E-state index in [0.717, 1.165) is 41.4 Å². The molecule has 0 radical (unpaired) electrons. The van der Waals surface area contributed by atoms with Crippen molar-refractivity contribution in [2.45, 2.75) is 19.3 Å². The molecular weight excluding hydrogens is 294 g/mol. The van der Waals surface area contributed by atoms with Gasteiger partial charge in [0.25, 0.3) is 0 Å². The van der Waals surface area contributed by atoms with Crippen LogP contribution in [0.25, 0.3) is 0 Å². The van der Waals surface area contributed by atoms with E-state index in [9.17, 15) is 0 Å². The van der Waals surface area contributed by atoms with Crippen LogP contribution in [0.5, 0.6) is 11.5 Å². The number of halogens is 1. The van der Waals surface area contributed by atoms with Crippen molar-refractivity contribution >= 4 is 15.9 Å². The second kappa shape index (κ2) is 5.49. The van der Waals surface area contributed by atoms with E-state index >= 15 is 0 Å². The Morgan fingerprint density at radius 2 is 1.94 bits per heavy atom. The molecule has 2 heterocycles. The van der Waals surface area contributed by atoms with Gasteiger partial charge in [0.05, 0.1) is 4.47 Å². The molecule has 0 aliphatic carbocycles. The number of ether oxygens (including phenoxy) is 2. The van der Waals surface area contributed by atoms with Crippen LogP contribution < -0.4 is 14.8 Å². The van der Waals surface area contributed by atoms with Gasteiger partial charge in [-0.1, -0.05) is 6.07 Å². The molecule has 18 heavy (non-hydrogen) atoms. The van der Waals surface area contributed by atoms with Gasteiger partial charge in [0, 0.05) is 0 Å². The highest BCUT2D eigenvalue weighted by molar-refractivity contribution is 9.10. The molecule has 0 atom stereocenters. The maximum Gasteiger partial charge on any atom is 0.175 e. The monoisotopic (exact) mass is 311 g/mol. The molecule has 4 heteroatoms. The molecule has 0 spiro atoms. The van der Waals surface area contributed by atoms with Gasteiger partial charge in [-0.15, -0.1) is 0 Å². The van der Waals surface area contributed by atoms with Crippen LogP contribution in [0.2, 0.25) is 0 Å². The van der Waals surface area contributed by atoms with E-state index in [0.29, 0.717) is 13.2 Å². The number of hydrogen-bond acceptors (Lipinski definition) is 3. The summed E-state index contributed by atoms with van der Waals surface area (Å²) in [5, 5.41) is 3.41. The molecule has 0 bridgehead atoms. The van der Waals surface area contributed by atoms with Gasteiger partial charge in [-0.3, -0.25) is 0 Å². The van der Waals surface area contributed by atoms with Gasteiger partial charge < -0.3 is 14.8 Å². The van der Waals surface area contributed by atoms with Crippen molar-refractivity contribution in [3.8, 4) is 11.5 Å². The zero-order valence-corrected chi connectivity index (χ0v) is 12.0. The van der Waals surface area contributed by atoms with Crippen molar-refractivity contribution in [2.75, 3.05) is 26.3 Å². The predicted octanol–water partition coefficient (Wildman–Crippen LogP) is 2.76. The fraction of sp³-hybridized carbons (Fsp3) is 0.571. The minimum atomic E-state index is 0.641. The van der Waals surface area contributed by atoms with Crippen molar-refractivity contribution in [1.82, 2.24) is 5.32 Å². The summed E-state index contributed by atoms with van der Waals surface area (Å²) < 4.78 is 12.4. The lowest BCUT2D eigenvalue weighted by Gasteiger charge is -2.25. The van der Waals surface area contributed by atoms with Crippen molar-refractivity contribution in [1.29, 1.82) is 0 Å². The second-order valence-corrected chi connectivity index (χ2v) is 5.75. The molecular formula is C14H18BrNO2. The predicted molar refractivity (Wildman–Crippen MR) is 74.4 cm³/mol. The van der Waals surface area contributed by atoms with Crippen LogP contribution in [0.15, 0.2) is 16.6 Å². The summed E-state index contributed by atoms with van der Waals surface area (Å²) in [4.78, 5) is 0. The average Bonchev–Trinajstić information content (AvgIpc) is 2.43. The van der Waals surface area contributed by atoms with Gasteiger partial charge in [-0.05, 0) is 65.8 Å². The Morgan fingerprint density at radius 3 is 2.78 bits per heavy atom. The summed E-state index contributed by atoms with van der Waals surface area (Å²) in [6.07, 6.45) is 3.65. The highest BCUT2D eigenvalue weighted by atomic mass is 79.9. The van der Waals surface area contributed by atoms with Crippen LogP contribution in [-0.2, 0) is 6.42 Å². The van der Waals surface area contributed by atoms with Gasteiger partial charge >= 0.3 is 0 Å². The number of fused-ring (bicyclic) bond motifs is 1. The third kappa shape index (κ3) is 2.50. The first-order valence-corrected chi connectivity index (χ1v) is 7.41. The normalized spacial score (nSPS) is 19.8. The molecule has 1 saturated heterocycles. The van der Waals surface area contributed by atoms with Crippen molar-refractivity contribution in [3.05, 3.63) is 22.2 Å². The molecule has 3 rings (SSSR count). The third-order valence-electron chi connectivity index (χ3n) is 3.70. The topological polar surface area (TPSA) is 30.5 Å². The SMILES string of the molecule is Brc1c(CC2CCNCC2)ccc2c1OCCO2. The highest BCUT2D eigenvalue weighted by Gasteiger charge is 2.20. The number of piperidine rings is 1. The number of hydrogen-bond donors (Lipinski definition) is 1. The van der Waals surface area contributed by atoms with E-state index in [1.165, 1.54) is 18.4 Å². The Balaban J connectivity index is 1.79. The Hall–Kier alpha value is -0.740. The minimum Gasteiger partial charge on any atom is -0.486 e. The van der Waals surface area contributed by atoms with Crippen LogP contribution in [0.3, 0.4) is 0 Å². The van der Waals surface area contributed by atoms with Crippen molar-refractivity contribution in [2.24, 2.45) is 5.92 Å². The summed E-state index contributed by atoms with van der Waals surface area (Å²) in [5.41, 5.74) is 1.34. The molecule has 2 aliphatic heterocycles. The van der Waals surface area contributed by atoms with Gasteiger partial charge in [-0.25, -0.2) is 0 Å². The highest BCUT2D eigenvalue weighted by Crippen LogP contribution is 2.40. The van der Waals surface area contributed by atoms with Crippen LogP contribution in [0, 0.1) is 5.92 Å². The maximum absolute atomic E-state index is 5.70. The molecule has 1 aromatic carbocycles. The van der Waals surface area contributed by atoms with E-state index < -0.39 is 0 Å². The Bertz CT molecular complexity index is 430. The number of rotatable bonds is 2. The number of benzene rings is 1. The molecule has 0 aromatic heterocycles. The minimum absolute atomic E-state index is 0.641. The van der Waals surface area contributed by atoms with Gasteiger partial charge in [-0.2, -0.15) is 0 Å². The van der Waals surface area contributed by atoms with Crippen molar-refractivity contribution in [3.63, 3.8) is 0 Å². The van der Waals surface area contributed by atoms with Crippen LogP contribution in [0.4, 0.5) is 0 Å². The third-order valence-corrected chi connectivity index (χ3v) is 4.56. The fourth-order valence-electron chi connectivity index (χ4n) is 2.68. The number of nitrogens with one attached hydrogen (secondary N) is 1. The quantitative estimate of drug-likeness (QED) is 0.911. The zero-order chi connectivity index (χ0) is 12.4. The summed E-state index contributed by atoms with van der Waals surface area (Å²) >= 11 is 3.67. The fourth-order valence-corrected chi connectivity index (χ4v) is 3.28. The molecule has 0 unspecified atom stereocenters. The first-order valence-electron chi connectivity index (χ1n) is 6.62. The van der Waals surface area contributed by atoms with E-state index in [1.807, 2.05) is 6.07 Å². The molecule has 98 valence electrons. The lowest BCUT2D eigenvalue weighted by Crippen LogP contribution is -2.28. The molecule has 0 saturated carbocycles. The summed E-state index contributed by atoms with van der Waals surface area (Å²) in [7, 11) is 0. The summed E-state index contributed by atoms with van der Waals surface area (Å²) in [6.45, 7) is 3.58. The van der Waals surface area contributed by atoms with Gasteiger partial charge in [0.15, 0.2) is 11.5 Å². The first-order chi connectivity index (χ1) is 8.84. The van der Waals surface area contributed by atoms with E-state index in [4.69, 9.17) is 9.47 Å². The second-order valence-electron chi connectivity index (χ2n) is 4.96. The first kappa shape index (κ1) is 12.3. The van der Waals surface area contributed by atoms with E-state index in [2.05, 4.69) is 27.3 Å². The van der Waals surface area contributed by atoms with E-state index in [1.54, 1.807) is 0 Å². The molecule has 3 nitrogen and oxygen atoms in total. The molecule has 1 aromatic rings. The maximum atomic E-state index is 5.70. The average molecular weight is 312 g/mol. The Kier molecular flexibility index (Phi) is 3.75. The van der Waals surface area contributed by atoms with Gasteiger partial charge in [0.2, 0.25) is 0 Å². The summed E-state index contributed by atoms with van der Waals surface area (Å²) in [5.74, 6) is 2.53. The zero-order valence-electron chi connectivity index (χ0n) is 10.4. The lowest BCUT2D eigenvalue weighted by atomic mass is 9.91. The smallest absolute Gasteiger partial charge is 0.175 e. The Morgan fingerprint density at radius 1 is 1.17 bits per heavy atom.